The van der Waals surface area contributed by atoms with E-state index in [2.05, 4.69) is 4.74 Å². The van der Waals surface area contributed by atoms with E-state index in [0.717, 1.165) is 0 Å². The molecule has 0 heterocycles. The van der Waals surface area contributed by atoms with Crippen LogP contribution < -0.4 is 9.47 Å². The van der Waals surface area contributed by atoms with Crippen molar-refractivity contribution in [1.29, 1.82) is 0 Å². The van der Waals surface area contributed by atoms with E-state index in [-0.39, 0.29) is 31.4 Å². The lowest BCUT2D eigenvalue weighted by Crippen LogP contribution is -2.37. The fraction of sp³-hybridized carbons (Fsp3) is 0.529. The first-order valence-electron chi connectivity index (χ1n) is 7.71. The lowest BCUT2D eigenvalue weighted by atomic mass is 10.3. The van der Waals surface area contributed by atoms with Gasteiger partial charge in [-0.25, -0.2) is 0 Å². The molecule has 0 aliphatic heterocycles. The van der Waals surface area contributed by atoms with E-state index in [1.807, 2.05) is 0 Å². The molecule has 0 fully saturated rings. The second kappa shape index (κ2) is 11.3. The van der Waals surface area contributed by atoms with Crippen LogP contribution in [0, 0.1) is 0 Å². The van der Waals surface area contributed by atoms with Gasteiger partial charge in [-0.2, -0.15) is 0 Å². The molecular weight excluding hydrogens is 314 g/mol. The third-order valence-corrected chi connectivity index (χ3v) is 3.35. The molecule has 1 rings (SSSR count). The minimum absolute atomic E-state index is 0.110. The topological polar surface area (TPSA) is 74.3 Å². The van der Waals surface area contributed by atoms with Crippen LogP contribution in [0.3, 0.4) is 0 Å². The van der Waals surface area contributed by atoms with Crippen LogP contribution in [0.2, 0.25) is 0 Å². The lowest BCUT2D eigenvalue weighted by Gasteiger charge is -2.22. The molecule has 7 nitrogen and oxygen atoms in total. The second-order valence-corrected chi connectivity index (χ2v) is 5.02. The number of methoxy groups -OCH3 is 3. The first kappa shape index (κ1) is 19.8. The standard InChI is InChI=1S/C17H25NO6/c1-21-11-5-9-18(10-8-17(20)23-3)16(19)13-24-15-7-4-6-14(12-15)22-2/h4,6-7,12H,5,8-11,13H2,1-3H3. The molecule has 24 heavy (non-hydrogen) atoms. The summed E-state index contributed by atoms with van der Waals surface area (Å²) in [6, 6.07) is 7.03. The first-order chi connectivity index (χ1) is 11.6. The van der Waals surface area contributed by atoms with Crippen molar-refractivity contribution in [2.45, 2.75) is 12.8 Å². The van der Waals surface area contributed by atoms with Gasteiger partial charge in [-0.1, -0.05) is 6.07 Å². The monoisotopic (exact) mass is 339 g/mol. The summed E-state index contributed by atoms with van der Waals surface area (Å²) in [4.78, 5) is 25.2. The summed E-state index contributed by atoms with van der Waals surface area (Å²) in [5.41, 5.74) is 0. The van der Waals surface area contributed by atoms with E-state index >= 15 is 0 Å². The molecular formula is C17H25NO6. The van der Waals surface area contributed by atoms with Crippen molar-refractivity contribution in [2.75, 3.05) is 47.6 Å². The average molecular weight is 339 g/mol. The van der Waals surface area contributed by atoms with Crippen LogP contribution >= 0.6 is 0 Å². The third-order valence-electron chi connectivity index (χ3n) is 3.35. The highest BCUT2D eigenvalue weighted by molar-refractivity contribution is 5.78. The van der Waals surface area contributed by atoms with Crippen molar-refractivity contribution in [1.82, 2.24) is 4.90 Å². The predicted octanol–water partition coefficient (Wildman–Crippen LogP) is 1.50. The molecule has 0 unspecified atom stereocenters. The Morgan fingerprint density at radius 1 is 1.08 bits per heavy atom. The zero-order valence-electron chi connectivity index (χ0n) is 14.4. The van der Waals surface area contributed by atoms with Crippen molar-refractivity contribution in [2.24, 2.45) is 0 Å². The van der Waals surface area contributed by atoms with Gasteiger partial charge in [0, 0.05) is 32.9 Å². The van der Waals surface area contributed by atoms with Crippen LogP contribution in [-0.2, 0) is 19.1 Å². The molecule has 0 bridgehead atoms. The highest BCUT2D eigenvalue weighted by Crippen LogP contribution is 2.18. The van der Waals surface area contributed by atoms with Crippen molar-refractivity contribution < 1.29 is 28.5 Å². The molecule has 0 aliphatic rings. The molecule has 0 atom stereocenters. The van der Waals surface area contributed by atoms with Crippen LogP contribution in [0.1, 0.15) is 12.8 Å². The molecule has 7 heteroatoms. The van der Waals surface area contributed by atoms with Gasteiger partial charge in [0.15, 0.2) is 6.61 Å². The molecule has 0 spiro atoms. The number of rotatable bonds is 11. The molecule has 1 aromatic carbocycles. The predicted molar refractivity (Wildman–Crippen MR) is 88.2 cm³/mol. The summed E-state index contributed by atoms with van der Waals surface area (Å²) in [6.45, 7) is 1.21. The van der Waals surface area contributed by atoms with Crippen molar-refractivity contribution in [3.63, 3.8) is 0 Å². The van der Waals surface area contributed by atoms with E-state index in [1.165, 1.54) is 7.11 Å². The average Bonchev–Trinajstić information content (AvgIpc) is 2.62. The van der Waals surface area contributed by atoms with E-state index < -0.39 is 0 Å². The van der Waals surface area contributed by atoms with Crippen LogP contribution in [0.25, 0.3) is 0 Å². The number of esters is 1. The SMILES string of the molecule is COCCCN(CCC(=O)OC)C(=O)COc1cccc(OC)c1. The third kappa shape index (κ3) is 7.32. The van der Waals surface area contributed by atoms with E-state index in [1.54, 1.807) is 43.4 Å². The number of carbonyl (C=O) groups excluding carboxylic acids is 2. The summed E-state index contributed by atoms with van der Waals surface area (Å²) in [5.74, 6) is 0.654. The largest absolute Gasteiger partial charge is 0.497 e. The molecule has 0 radical (unpaired) electrons. The second-order valence-electron chi connectivity index (χ2n) is 5.02. The first-order valence-corrected chi connectivity index (χ1v) is 7.71. The van der Waals surface area contributed by atoms with Gasteiger partial charge in [0.05, 0.1) is 20.6 Å². The molecule has 0 N–H and O–H groups in total. The maximum Gasteiger partial charge on any atom is 0.307 e. The Morgan fingerprint density at radius 2 is 1.83 bits per heavy atom. The van der Waals surface area contributed by atoms with Crippen LogP contribution in [-0.4, -0.2) is 64.4 Å². The van der Waals surface area contributed by atoms with Gasteiger partial charge in [0.1, 0.15) is 11.5 Å². The Hall–Kier alpha value is -2.28. The smallest absolute Gasteiger partial charge is 0.307 e. The Kier molecular flexibility index (Phi) is 9.29. The minimum atomic E-state index is -0.353. The molecule has 134 valence electrons. The number of nitrogens with zero attached hydrogens (tertiary/aromatic N) is 1. The number of carbonyl (C=O) groups is 2. The maximum atomic E-state index is 12.3. The molecule has 0 saturated heterocycles. The number of amides is 1. The van der Waals surface area contributed by atoms with E-state index in [4.69, 9.17) is 14.2 Å². The molecule has 1 aromatic rings. The Bertz CT molecular complexity index is 520. The Balaban J connectivity index is 2.56. The van der Waals surface area contributed by atoms with E-state index in [9.17, 15) is 9.59 Å². The maximum absolute atomic E-state index is 12.3. The van der Waals surface area contributed by atoms with Crippen LogP contribution in [0.4, 0.5) is 0 Å². The minimum Gasteiger partial charge on any atom is -0.497 e. The summed E-state index contributed by atoms with van der Waals surface area (Å²) in [5, 5.41) is 0. The molecule has 0 aliphatic carbocycles. The fourth-order valence-electron chi connectivity index (χ4n) is 2.02. The molecule has 1 amide bonds. The quantitative estimate of drug-likeness (QED) is 0.449. The van der Waals surface area contributed by atoms with Crippen LogP contribution in [0.5, 0.6) is 11.5 Å². The van der Waals surface area contributed by atoms with Gasteiger partial charge in [0.2, 0.25) is 0 Å². The number of hydrogen-bond donors (Lipinski definition) is 0. The molecule has 0 aromatic heterocycles. The van der Waals surface area contributed by atoms with Crippen molar-refractivity contribution in [3.8, 4) is 11.5 Å². The van der Waals surface area contributed by atoms with Gasteiger partial charge in [-0.3, -0.25) is 9.59 Å². The van der Waals surface area contributed by atoms with E-state index in [0.29, 0.717) is 31.1 Å². The van der Waals surface area contributed by atoms with Gasteiger partial charge < -0.3 is 23.8 Å². The zero-order valence-corrected chi connectivity index (χ0v) is 14.4. The Labute approximate surface area is 142 Å². The zero-order chi connectivity index (χ0) is 17.8. The fourth-order valence-corrected chi connectivity index (χ4v) is 2.02. The number of ether oxygens (including phenoxy) is 4. The van der Waals surface area contributed by atoms with Gasteiger partial charge in [0.25, 0.3) is 5.91 Å². The molecule has 0 saturated carbocycles. The van der Waals surface area contributed by atoms with Gasteiger partial charge >= 0.3 is 5.97 Å². The van der Waals surface area contributed by atoms with Crippen molar-refractivity contribution in [3.05, 3.63) is 24.3 Å². The Morgan fingerprint density at radius 3 is 2.50 bits per heavy atom. The van der Waals surface area contributed by atoms with Crippen LogP contribution in [0.15, 0.2) is 24.3 Å². The normalized spacial score (nSPS) is 10.1. The van der Waals surface area contributed by atoms with Crippen molar-refractivity contribution >= 4 is 11.9 Å². The summed E-state index contributed by atoms with van der Waals surface area (Å²) in [7, 11) is 4.49. The number of benzene rings is 1. The van der Waals surface area contributed by atoms with Gasteiger partial charge in [-0.05, 0) is 18.6 Å². The summed E-state index contributed by atoms with van der Waals surface area (Å²) >= 11 is 0. The highest BCUT2D eigenvalue weighted by atomic mass is 16.5. The lowest BCUT2D eigenvalue weighted by molar-refractivity contribution is -0.142. The summed E-state index contributed by atoms with van der Waals surface area (Å²) in [6.07, 6.45) is 0.830. The number of hydrogen-bond acceptors (Lipinski definition) is 6. The van der Waals surface area contributed by atoms with Gasteiger partial charge in [-0.15, -0.1) is 0 Å². The summed E-state index contributed by atoms with van der Waals surface area (Å²) < 4.78 is 20.2. The highest BCUT2D eigenvalue weighted by Gasteiger charge is 2.16.